The van der Waals surface area contributed by atoms with Crippen LogP contribution in [0.3, 0.4) is 0 Å². The molecule has 22 heavy (non-hydrogen) atoms. The van der Waals surface area contributed by atoms with Gasteiger partial charge < -0.3 is 14.4 Å². The fourth-order valence-corrected chi connectivity index (χ4v) is 2.84. The standard InChI is InChI=1S/C17H22ClNO3/c1-12-15(3-2-4-16(12)18)17(20)19-7-8-22-14(9-19)11-21-10-13-5-6-13/h2-4,13-14H,5-11H2,1H3. The maximum absolute atomic E-state index is 12.7. The third kappa shape index (κ3) is 3.80. The van der Waals surface area contributed by atoms with Crippen LogP contribution in [0.5, 0.6) is 0 Å². The molecule has 120 valence electrons. The van der Waals surface area contributed by atoms with Crippen molar-refractivity contribution in [1.82, 2.24) is 4.90 Å². The van der Waals surface area contributed by atoms with Crippen molar-refractivity contribution in [1.29, 1.82) is 0 Å². The summed E-state index contributed by atoms with van der Waals surface area (Å²) in [6.45, 7) is 5.02. The average molecular weight is 324 g/mol. The molecule has 0 aromatic heterocycles. The normalized spacial score (nSPS) is 21.9. The fourth-order valence-electron chi connectivity index (χ4n) is 2.66. The molecule has 1 saturated carbocycles. The van der Waals surface area contributed by atoms with Crippen LogP contribution in [0.1, 0.15) is 28.8 Å². The van der Waals surface area contributed by atoms with Gasteiger partial charge in [0.25, 0.3) is 5.91 Å². The van der Waals surface area contributed by atoms with Gasteiger partial charge in [0.05, 0.1) is 19.3 Å². The summed E-state index contributed by atoms with van der Waals surface area (Å²) < 4.78 is 11.4. The zero-order valence-electron chi connectivity index (χ0n) is 12.9. The summed E-state index contributed by atoms with van der Waals surface area (Å²) in [4.78, 5) is 14.5. The predicted octanol–water partition coefficient (Wildman–Crippen LogP) is 2.92. The Morgan fingerprint density at radius 2 is 2.23 bits per heavy atom. The maximum atomic E-state index is 12.7. The summed E-state index contributed by atoms with van der Waals surface area (Å²) in [6.07, 6.45) is 2.53. The zero-order chi connectivity index (χ0) is 15.5. The Labute approximate surface area is 136 Å². The van der Waals surface area contributed by atoms with E-state index < -0.39 is 0 Å². The van der Waals surface area contributed by atoms with Crippen molar-refractivity contribution in [3.8, 4) is 0 Å². The van der Waals surface area contributed by atoms with E-state index in [1.807, 2.05) is 30.0 Å². The lowest BCUT2D eigenvalue weighted by Crippen LogP contribution is -2.47. The molecule has 1 unspecified atom stereocenters. The van der Waals surface area contributed by atoms with Crippen molar-refractivity contribution >= 4 is 17.5 Å². The second-order valence-corrected chi connectivity index (χ2v) is 6.54. The molecule has 4 nitrogen and oxygen atoms in total. The van der Waals surface area contributed by atoms with Crippen LogP contribution in [-0.2, 0) is 9.47 Å². The predicted molar refractivity (Wildman–Crippen MR) is 85.4 cm³/mol. The molecule has 1 saturated heterocycles. The molecule has 1 heterocycles. The molecule has 3 rings (SSSR count). The Kier molecular flexibility index (Phi) is 5.01. The highest BCUT2D eigenvalue weighted by molar-refractivity contribution is 6.31. The molecule has 1 aliphatic heterocycles. The Morgan fingerprint density at radius 1 is 1.41 bits per heavy atom. The quantitative estimate of drug-likeness (QED) is 0.836. The molecule has 0 radical (unpaired) electrons. The van der Waals surface area contributed by atoms with E-state index in [4.69, 9.17) is 21.1 Å². The van der Waals surface area contributed by atoms with Crippen LogP contribution >= 0.6 is 11.6 Å². The van der Waals surface area contributed by atoms with Crippen LogP contribution in [-0.4, -0.2) is 49.8 Å². The smallest absolute Gasteiger partial charge is 0.254 e. The van der Waals surface area contributed by atoms with Gasteiger partial charge in [-0.1, -0.05) is 17.7 Å². The number of rotatable bonds is 5. The van der Waals surface area contributed by atoms with Crippen molar-refractivity contribution in [2.45, 2.75) is 25.9 Å². The molecule has 1 aromatic rings. The number of morpholine rings is 1. The number of ether oxygens (including phenoxy) is 2. The molecular weight excluding hydrogens is 302 g/mol. The number of amides is 1. The van der Waals surface area contributed by atoms with E-state index in [-0.39, 0.29) is 12.0 Å². The minimum absolute atomic E-state index is 0.0236. The first-order valence-corrected chi connectivity index (χ1v) is 8.26. The number of nitrogens with zero attached hydrogens (tertiary/aromatic N) is 1. The summed E-state index contributed by atoms with van der Waals surface area (Å²) in [5.41, 5.74) is 1.51. The van der Waals surface area contributed by atoms with Crippen molar-refractivity contribution < 1.29 is 14.3 Å². The van der Waals surface area contributed by atoms with Gasteiger partial charge in [-0.05, 0) is 43.4 Å². The molecule has 2 aliphatic rings. The van der Waals surface area contributed by atoms with E-state index in [9.17, 15) is 4.79 Å². The Bertz CT molecular complexity index is 545. The molecule has 0 bridgehead atoms. The molecule has 5 heteroatoms. The second-order valence-electron chi connectivity index (χ2n) is 6.14. The molecule has 0 spiro atoms. The van der Waals surface area contributed by atoms with Crippen LogP contribution in [0.25, 0.3) is 0 Å². The first kappa shape index (κ1) is 15.8. The first-order valence-electron chi connectivity index (χ1n) is 7.89. The maximum Gasteiger partial charge on any atom is 0.254 e. The average Bonchev–Trinajstić information content (AvgIpc) is 3.34. The van der Waals surface area contributed by atoms with Gasteiger partial charge in [0.1, 0.15) is 0 Å². The van der Waals surface area contributed by atoms with E-state index in [0.29, 0.717) is 36.9 Å². The summed E-state index contributed by atoms with van der Waals surface area (Å²) in [7, 11) is 0. The molecule has 1 aromatic carbocycles. The lowest BCUT2D eigenvalue weighted by atomic mass is 10.1. The van der Waals surface area contributed by atoms with Gasteiger partial charge in [0.2, 0.25) is 0 Å². The van der Waals surface area contributed by atoms with E-state index in [2.05, 4.69) is 0 Å². The lowest BCUT2D eigenvalue weighted by molar-refractivity contribution is -0.0628. The molecule has 1 amide bonds. The minimum atomic E-state index is -0.0315. The van der Waals surface area contributed by atoms with Gasteiger partial charge in [-0.3, -0.25) is 4.79 Å². The third-order valence-electron chi connectivity index (χ3n) is 4.28. The van der Waals surface area contributed by atoms with E-state index in [0.717, 1.165) is 18.1 Å². The summed E-state index contributed by atoms with van der Waals surface area (Å²) >= 11 is 6.11. The van der Waals surface area contributed by atoms with Gasteiger partial charge in [0, 0.05) is 30.3 Å². The second kappa shape index (κ2) is 6.99. The van der Waals surface area contributed by atoms with Gasteiger partial charge >= 0.3 is 0 Å². The monoisotopic (exact) mass is 323 g/mol. The van der Waals surface area contributed by atoms with E-state index >= 15 is 0 Å². The number of carbonyl (C=O) groups excluding carboxylic acids is 1. The van der Waals surface area contributed by atoms with Crippen molar-refractivity contribution in [3.63, 3.8) is 0 Å². The topological polar surface area (TPSA) is 38.8 Å². The number of benzene rings is 1. The minimum Gasteiger partial charge on any atom is -0.378 e. The number of halogens is 1. The first-order chi connectivity index (χ1) is 10.6. The highest BCUT2D eigenvalue weighted by atomic mass is 35.5. The lowest BCUT2D eigenvalue weighted by Gasteiger charge is -2.33. The van der Waals surface area contributed by atoms with Crippen LogP contribution in [0.2, 0.25) is 5.02 Å². The molecular formula is C17H22ClNO3. The number of hydrogen-bond acceptors (Lipinski definition) is 3. The molecule has 2 fully saturated rings. The SMILES string of the molecule is Cc1c(Cl)cccc1C(=O)N1CCOC(COCC2CC2)C1. The number of hydrogen-bond donors (Lipinski definition) is 0. The van der Waals surface area contributed by atoms with Crippen molar-refractivity contribution in [2.24, 2.45) is 5.92 Å². The Hall–Kier alpha value is -1.10. The van der Waals surface area contributed by atoms with Crippen LogP contribution in [0, 0.1) is 12.8 Å². The highest BCUT2D eigenvalue weighted by Crippen LogP contribution is 2.29. The molecule has 0 N–H and O–H groups in total. The van der Waals surface area contributed by atoms with Gasteiger partial charge in [-0.2, -0.15) is 0 Å². The highest BCUT2D eigenvalue weighted by Gasteiger charge is 2.27. The van der Waals surface area contributed by atoms with Gasteiger partial charge in [-0.15, -0.1) is 0 Å². The van der Waals surface area contributed by atoms with E-state index in [1.165, 1.54) is 12.8 Å². The van der Waals surface area contributed by atoms with Gasteiger partial charge in [-0.25, -0.2) is 0 Å². The van der Waals surface area contributed by atoms with E-state index in [1.54, 1.807) is 0 Å². The van der Waals surface area contributed by atoms with Crippen molar-refractivity contribution in [2.75, 3.05) is 32.9 Å². The van der Waals surface area contributed by atoms with Gasteiger partial charge in [0.15, 0.2) is 0 Å². The summed E-state index contributed by atoms with van der Waals surface area (Å²) in [5.74, 6) is 0.769. The number of carbonyl (C=O) groups is 1. The third-order valence-corrected chi connectivity index (χ3v) is 4.69. The summed E-state index contributed by atoms with van der Waals surface area (Å²) in [5, 5.41) is 0.628. The zero-order valence-corrected chi connectivity index (χ0v) is 13.6. The van der Waals surface area contributed by atoms with Crippen LogP contribution in [0.4, 0.5) is 0 Å². The molecule has 1 aliphatic carbocycles. The largest absolute Gasteiger partial charge is 0.378 e. The van der Waals surface area contributed by atoms with Crippen LogP contribution < -0.4 is 0 Å². The summed E-state index contributed by atoms with van der Waals surface area (Å²) in [6, 6.07) is 5.46. The Morgan fingerprint density at radius 3 is 3.00 bits per heavy atom. The van der Waals surface area contributed by atoms with Crippen LogP contribution in [0.15, 0.2) is 18.2 Å². The van der Waals surface area contributed by atoms with Crippen molar-refractivity contribution in [3.05, 3.63) is 34.3 Å². The Balaban J connectivity index is 1.58. The molecule has 1 atom stereocenters. The fraction of sp³-hybridized carbons (Fsp3) is 0.588.